The average Bonchev–Trinajstić information content (AvgIpc) is 2.31. The van der Waals surface area contributed by atoms with Gasteiger partial charge in [0, 0.05) is 23.8 Å². The lowest BCUT2D eigenvalue weighted by atomic mass is 10.2. The number of amides is 1. The van der Waals surface area contributed by atoms with E-state index in [0.29, 0.717) is 5.56 Å². The van der Waals surface area contributed by atoms with Crippen molar-refractivity contribution in [2.75, 3.05) is 5.32 Å². The highest BCUT2D eigenvalue weighted by Gasteiger charge is 2.07. The number of anilines is 1. The van der Waals surface area contributed by atoms with Crippen LogP contribution in [0.25, 0.3) is 0 Å². The first-order valence-corrected chi connectivity index (χ1v) is 7.74. The van der Waals surface area contributed by atoms with Crippen molar-refractivity contribution < 1.29 is 4.79 Å². The first-order valence-electron chi connectivity index (χ1n) is 5.07. The summed E-state index contributed by atoms with van der Waals surface area (Å²) in [5.74, 6) is -0.127. The van der Waals surface area contributed by atoms with Gasteiger partial charge in [-0.2, -0.15) is 0 Å². The molecule has 0 fully saturated rings. The van der Waals surface area contributed by atoms with E-state index in [4.69, 9.17) is 0 Å². The van der Waals surface area contributed by atoms with E-state index in [0.717, 1.165) is 18.2 Å². The molecule has 2 nitrogen and oxygen atoms in total. The zero-order valence-electron chi connectivity index (χ0n) is 9.08. The number of carbonyl (C=O) groups excluding carboxylic acids is 1. The van der Waals surface area contributed by atoms with Crippen LogP contribution in [0, 0.1) is 3.57 Å². The van der Waals surface area contributed by atoms with Crippen LogP contribution in [-0.4, -0.2) is 5.91 Å². The third-order valence-corrected chi connectivity index (χ3v) is 3.86. The molecule has 0 saturated carbocycles. The van der Waals surface area contributed by atoms with Gasteiger partial charge in [-0.3, -0.25) is 4.79 Å². The predicted molar refractivity (Wildman–Crippen MR) is 89.0 cm³/mol. The third kappa shape index (κ3) is 3.80. The van der Waals surface area contributed by atoms with Gasteiger partial charge in [-0.15, -0.1) is 0 Å². The van der Waals surface area contributed by atoms with Crippen molar-refractivity contribution in [1.29, 1.82) is 0 Å². The van der Waals surface area contributed by atoms with Crippen LogP contribution in [-0.2, 0) is 0 Å². The summed E-state index contributed by atoms with van der Waals surface area (Å²) >= 11 is 8.96. The minimum atomic E-state index is -0.127. The van der Waals surface area contributed by atoms with Gasteiger partial charge in [0.05, 0.1) is 0 Å². The van der Waals surface area contributed by atoms with Crippen LogP contribution in [0.3, 0.4) is 0 Å². The van der Waals surface area contributed by atoms with E-state index in [-0.39, 0.29) is 5.91 Å². The highest BCUT2D eigenvalue weighted by molar-refractivity contribution is 14.1. The maximum Gasteiger partial charge on any atom is 0.255 e. The maximum atomic E-state index is 12.0. The number of nitrogens with one attached hydrogen (secondary N) is 1. The molecular formula is C13H8Br2INO. The summed E-state index contributed by atoms with van der Waals surface area (Å²) in [6, 6.07) is 13.1. The van der Waals surface area contributed by atoms with Crippen molar-refractivity contribution >= 4 is 66.0 Å². The van der Waals surface area contributed by atoms with Gasteiger partial charge in [0.1, 0.15) is 0 Å². The van der Waals surface area contributed by atoms with Gasteiger partial charge >= 0.3 is 0 Å². The predicted octanol–water partition coefficient (Wildman–Crippen LogP) is 5.07. The minimum absolute atomic E-state index is 0.127. The molecule has 0 saturated heterocycles. The molecule has 2 rings (SSSR count). The Balaban J connectivity index is 2.19. The molecule has 2 aromatic carbocycles. The van der Waals surface area contributed by atoms with E-state index in [9.17, 15) is 4.79 Å². The van der Waals surface area contributed by atoms with Crippen molar-refractivity contribution in [1.82, 2.24) is 0 Å². The van der Waals surface area contributed by atoms with Crippen LogP contribution in [0.5, 0.6) is 0 Å². The standard InChI is InChI=1S/C13H8Br2INO/c14-9-5-8(6-10(15)7-9)13(18)17-12-3-1-11(16)2-4-12/h1-7H,(H,17,18). The first kappa shape index (κ1) is 14.0. The highest BCUT2D eigenvalue weighted by atomic mass is 127. The smallest absolute Gasteiger partial charge is 0.255 e. The van der Waals surface area contributed by atoms with Crippen molar-refractivity contribution in [3.63, 3.8) is 0 Å². The molecule has 0 aliphatic rings. The molecule has 0 aliphatic heterocycles. The second kappa shape index (κ2) is 6.16. The summed E-state index contributed by atoms with van der Waals surface area (Å²) in [6.45, 7) is 0. The third-order valence-electron chi connectivity index (χ3n) is 2.23. The zero-order valence-corrected chi connectivity index (χ0v) is 14.4. The lowest BCUT2D eigenvalue weighted by Gasteiger charge is -2.06. The normalized spacial score (nSPS) is 10.2. The summed E-state index contributed by atoms with van der Waals surface area (Å²) in [7, 11) is 0. The van der Waals surface area contributed by atoms with E-state index in [1.54, 1.807) is 12.1 Å². The summed E-state index contributed by atoms with van der Waals surface area (Å²) in [5.41, 5.74) is 1.39. The van der Waals surface area contributed by atoms with E-state index >= 15 is 0 Å². The Hall–Kier alpha value is -0.400. The van der Waals surface area contributed by atoms with Crippen LogP contribution < -0.4 is 5.32 Å². The number of halogens is 3. The topological polar surface area (TPSA) is 29.1 Å². The van der Waals surface area contributed by atoms with Crippen LogP contribution in [0.15, 0.2) is 51.4 Å². The fourth-order valence-corrected chi connectivity index (χ4v) is 3.07. The number of hydrogen-bond acceptors (Lipinski definition) is 1. The van der Waals surface area contributed by atoms with Crippen LogP contribution in [0.2, 0.25) is 0 Å². The van der Waals surface area contributed by atoms with Crippen molar-refractivity contribution in [3.05, 3.63) is 60.5 Å². The molecule has 92 valence electrons. The Morgan fingerprint density at radius 1 is 1.00 bits per heavy atom. The summed E-state index contributed by atoms with van der Waals surface area (Å²) in [6.07, 6.45) is 0. The van der Waals surface area contributed by atoms with Gasteiger partial charge in [0.25, 0.3) is 5.91 Å². The van der Waals surface area contributed by atoms with Crippen LogP contribution in [0.1, 0.15) is 10.4 Å². The Morgan fingerprint density at radius 3 is 2.11 bits per heavy atom. The molecule has 0 unspecified atom stereocenters. The molecule has 0 aliphatic carbocycles. The summed E-state index contributed by atoms with van der Waals surface area (Å²) in [5, 5.41) is 2.86. The number of hydrogen-bond donors (Lipinski definition) is 1. The fraction of sp³-hybridized carbons (Fsp3) is 0. The molecule has 2 aromatic rings. The Morgan fingerprint density at radius 2 is 1.56 bits per heavy atom. The maximum absolute atomic E-state index is 12.0. The Kier molecular flexibility index (Phi) is 4.80. The second-order valence-electron chi connectivity index (χ2n) is 3.62. The first-order chi connectivity index (χ1) is 8.54. The van der Waals surface area contributed by atoms with E-state index < -0.39 is 0 Å². The molecule has 0 heterocycles. The molecule has 0 aromatic heterocycles. The zero-order chi connectivity index (χ0) is 13.1. The molecule has 5 heteroatoms. The van der Waals surface area contributed by atoms with Crippen molar-refractivity contribution in [2.45, 2.75) is 0 Å². The van der Waals surface area contributed by atoms with Gasteiger partial charge in [0.15, 0.2) is 0 Å². The average molecular weight is 481 g/mol. The molecule has 18 heavy (non-hydrogen) atoms. The van der Waals surface area contributed by atoms with Gasteiger partial charge < -0.3 is 5.32 Å². The van der Waals surface area contributed by atoms with Gasteiger partial charge in [-0.1, -0.05) is 31.9 Å². The van der Waals surface area contributed by atoms with Crippen molar-refractivity contribution in [2.24, 2.45) is 0 Å². The highest BCUT2D eigenvalue weighted by Crippen LogP contribution is 2.21. The molecule has 0 radical (unpaired) electrons. The monoisotopic (exact) mass is 479 g/mol. The molecular weight excluding hydrogens is 473 g/mol. The SMILES string of the molecule is O=C(Nc1ccc(I)cc1)c1cc(Br)cc(Br)c1. The van der Waals surface area contributed by atoms with E-state index in [1.807, 2.05) is 30.3 Å². The van der Waals surface area contributed by atoms with E-state index in [1.165, 1.54) is 0 Å². The molecule has 1 N–H and O–H groups in total. The van der Waals surface area contributed by atoms with Gasteiger partial charge in [0.2, 0.25) is 0 Å². The van der Waals surface area contributed by atoms with Crippen molar-refractivity contribution in [3.8, 4) is 0 Å². The molecule has 0 spiro atoms. The summed E-state index contributed by atoms with van der Waals surface area (Å²) in [4.78, 5) is 12.0. The lowest BCUT2D eigenvalue weighted by molar-refractivity contribution is 0.102. The number of benzene rings is 2. The number of carbonyl (C=O) groups is 1. The molecule has 1 amide bonds. The molecule has 0 atom stereocenters. The fourth-order valence-electron chi connectivity index (χ4n) is 1.42. The summed E-state index contributed by atoms with van der Waals surface area (Å²) < 4.78 is 2.87. The van der Waals surface area contributed by atoms with Gasteiger partial charge in [-0.05, 0) is 65.1 Å². The quantitative estimate of drug-likeness (QED) is 0.597. The van der Waals surface area contributed by atoms with E-state index in [2.05, 4.69) is 59.8 Å². The number of rotatable bonds is 2. The van der Waals surface area contributed by atoms with Gasteiger partial charge in [-0.25, -0.2) is 0 Å². The second-order valence-corrected chi connectivity index (χ2v) is 6.70. The largest absolute Gasteiger partial charge is 0.322 e. The van der Waals surface area contributed by atoms with Crippen LogP contribution in [0.4, 0.5) is 5.69 Å². The minimum Gasteiger partial charge on any atom is -0.322 e. The lowest BCUT2D eigenvalue weighted by Crippen LogP contribution is -2.11. The molecule has 0 bridgehead atoms. The van der Waals surface area contributed by atoms with Crippen LogP contribution >= 0.6 is 54.5 Å². The Labute approximate surface area is 136 Å². The Bertz CT molecular complexity index is 564.